The molecule has 0 aliphatic carbocycles. The number of aromatic nitrogens is 1. The summed E-state index contributed by atoms with van der Waals surface area (Å²) in [6.45, 7) is 2.90. The Kier molecular flexibility index (Phi) is 4.63. The van der Waals surface area contributed by atoms with Crippen LogP contribution < -0.4 is 0 Å². The molecule has 4 fully saturated rings. The molecule has 1 aromatic carbocycles. The molecule has 6 heteroatoms. The smallest absolute Gasteiger partial charge is 0.256 e. The number of benzene rings is 1. The second-order valence-electron chi connectivity index (χ2n) is 8.03. The number of amides is 1. The monoisotopic (exact) mass is 397 g/mol. The van der Waals surface area contributed by atoms with Crippen LogP contribution in [0.2, 0.25) is 0 Å². The number of pyridine rings is 1. The number of rotatable bonds is 3. The van der Waals surface area contributed by atoms with E-state index in [0.717, 1.165) is 36.5 Å². The van der Waals surface area contributed by atoms with Crippen molar-refractivity contribution in [3.63, 3.8) is 0 Å². The van der Waals surface area contributed by atoms with Crippen molar-refractivity contribution < 1.29 is 9.18 Å². The SMILES string of the molecule is CSc1ncccc1C(=O)N1C[C@@H](c2ccc(F)cc2)[C@@H]2[C@H]1C1CCN2CC1. The van der Waals surface area contributed by atoms with E-state index in [1.165, 1.54) is 23.9 Å². The maximum atomic E-state index is 13.6. The highest BCUT2D eigenvalue weighted by molar-refractivity contribution is 7.98. The zero-order chi connectivity index (χ0) is 19.3. The lowest BCUT2D eigenvalue weighted by atomic mass is 9.75. The summed E-state index contributed by atoms with van der Waals surface area (Å²) in [5.41, 5.74) is 1.83. The van der Waals surface area contributed by atoms with Crippen molar-refractivity contribution in [2.75, 3.05) is 25.9 Å². The lowest BCUT2D eigenvalue weighted by Crippen LogP contribution is -2.60. The van der Waals surface area contributed by atoms with Crippen LogP contribution in [0.4, 0.5) is 4.39 Å². The number of halogens is 1. The Labute approximate surface area is 169 Å². The number of carbonyl (C=O) groups excluding carboxylic acids is 1. The van der Waals surface area contributed by atoms with Crippen LogP contribution in [0.3, 0.4) is 0 Å². The zero-order valence-electron chi connectivity index (χ0n) is 15.9. The minimum absolute atomic E-state index is 0.0887. The van der Waals surface area contributed by atoms with E-state index < -0.39 is 0 Å². The molecule has 4 aliphatic heterocycles. The van der Waals surface area contributed by atoms with Gasteiger partial charge in [-0.1, -0.05) is 12.1 Å². The van der Waals surface area contributed by atoms with Gasteiger partial charge in [0.1, 0.15) is 10.8 Å². The third kappa shape index (κ3) is 2.85. The van der Waals surface area contributed by atoms with E-state index in [0.29, 0.717) is 24.1 Å². The number of hydrogen-bond acceptors (Lipinski definition) is 4. The quantitative estimate of drug-likeness (QED) is 0.741. The van der Waals surface area contributed by atoms with Crippen LogP contribution in [0.5, 0.6) is 0 Å². The van der Waals surface area contributed by atoms with Gasteiger partial charge in [-0.2, -0.15) is 0 Å². The van der Waals surface area contributed by atoms with Gasteiger partial charge in [0.2, 0.25) is 0 Å². The van der Waals surface area contributed by atoms with Gasteiger partial charge in [0.15, 0.2) is 0 Å². The molecule has 0 saturated carbocycles. The standard InChI is InChI=1S/C22H24FN3OS/c1-28-21-17(3-2-10-24-21)22(27)26-13-18(14-4-6-16(23)7-5-14)20-19(26)15-8-11-25(20)12-9-15/h2-7,10,15,18-20H,8-9,11-13H2,1H3/t18-,19+,20+/m0/s1. The summed E-state index contributed by atoms with van der Waals surface area (Å²) in [4.78, 5) is 22.6. The maximum Gasteiger partial charge on any atom is 0.256 e. The number of thioether (sulfide) groups is 1. The van der Waals surface area contributed by atoms with Gasteiger partial charge in [-0.05, 0) is 67.9 Å². The van der Waals surface area contributed by atoms with Crippen molar-refractivity contribution in [1.82, 2.24) is 14.8 Å². The number of carbonyl (C=O) groups is 1. The highest BCUT2D eigenvalue weighted by atomic mass is 32.2. The minimum atomic E-state index is -0.211. The Hall–Kier alpha value is -1.92. The van der Waals surface area contributed by atoms with Crippen molar-refractivity contribution in [3.05, 3.63) is 59.5 Å². The predicted molar refractivity (Wildman–Crippen MR) is 108 cm³/mol. The first-order chi connectivity index (χ1) is 13.7. The van der Waals surface area contributed by atoms with Gasteiger partial charge in [-0.3, -0.25) is 9.69 Å². The highest BCUT2D eigenvalue weighted by Crippen LogP contribution is 2.47. The summed E-state index contributed by atoms with van der Waals surface area (Å²) >= 11 is 1.52. The van der Waals surface area contributed by atoms with Gasteiger partial charge in [0, 0.05) is 24.7 Å². The summed E-state index contributed by atoms with van der Waals surface area (Å²) in [5, 5.41) is 0.788. The third-order valence-corrected chi connectivity index (χ3v) is 7.46. The Morgan fingerprint density at radius 2 is 1.89 bits per heavy atom. The maximum absolute atomic E-state index is 13.6. The summed E-state index contributed by atoms with van der Waals surface area (Å²) < 4.78 is 13.5. The number of fused-ring (bicyclic) bond motifs is 2. The molecular formula is C22H24FN3OS. The minimum Gasteiger partial charge on any atom is -0.333 e. The summed E-state index contributed by atoms with van der Waals surface area (Å²) in [6, 6.07) is 11.2. The van der Waals surface area contributed by atoms with Crippen molar-refractivity contribution in [2.24, 2.45) is 5.92 Å². The third-order valence-electron chi connectivity index (χ3n) is 6.75. The first kappa shape index (κ1) is 18.1. The van der Waals surface area contributed by atoms with Crippen molar-refractivity contribution in [2.45, 2.75) is 35.9 Å². The molecule has 0 radical (unpaired) electrons. The Bertz CT molecular complexity index is 882. The topological polar surface area (TPSA) is 36.4 Å². The van der Waals surface area contributed by atoms with Crippen LogP contribution >= 0.6 is 11.8 Å². The molecular weight excluding hydrogens is 373 g/mol. The van der Waals surface area contributed by atoms with E-state index in [1.54, 1.807) is 6.20 Å². The fraction of sp³-hybridized carbons (Fsp3) is 0.455. The fourth-order valence-electron chi connectivity index (χ4n) is 5.53. The van der Waals surface area contributed by atoms with Crippen LogP contribution in [0.25, 0.3) is 0 Å². The number of likely N-dealkylation sites (tertiary alicyclic amines) is 1. The number of hydrogen-bond donors (Lipinski definition) is 0. The van der Waals surface area contributed by atoms with Gasteiger partial charge in [-0.25, -0.2) is 9.37 Å². The van der Waals surface area contributed by atoms with E-state index in [1.807, 2.05) is 30.5 Å². The average molecular weight is 398 g/mol. The van der Waals surface area contributed by atoms with E-state index in [9.17, 15) is 9.18 Å². The second-order valence-corrected chi connectivity index (χ2v) is 8.83. The average Bonchev–Trinajstić information content (AvgIpc) is 3.17. The van der Waals surface area contributed by atoms with E-state index in [2.05, 4.69) is 14.8 Å². The Balaban J connectivity index is 1.53. The van der Waals surface area contributed by atoms with Crippen LogP contribution in [-0.4, -0.2) is 58.7 Å². The summed E-state index contributed by atoms with van der Waals surface area (Å²) in [7, 11) is 0. The molecule has 4 nitrogen and oxygen atoms in total. The van der Waals surface area contributed by atoms with Crippen molar-refractivity contribution in [3.8, 4) is 0 Å². The van der Waals surface area contributed by atoms with E-state index in [4.69, 9.17) is 0 Å². The van der Waals surface area contributed by atoms with Crippen LogP contribution in [0.15, 0.2) is 47.6 Å². The molecule has 2 aromatic rings. The lowest BCUT2D eigenvalue weighted by molar-refractivity contribution is -0.00353. The zero-order valence-corrected chi connectivity index (χ0v) is 16.7. The van der Waals surface area contributed by atoms with Gasteiger partial charge < -0.3 is 4.90 Å². The van der Waals surface area contributed by atoms with Crippen LogP contribution in [-0.2, 0) is 0 Å². The molecule has 6 rings (SSSR count). The molecule has 28 heavy (non-hydrogen) atoms. The first-order valence-electron chi connectivity index (χ1n) is 9.97. The number of nitrogens with zero attached hydrogens (tertiary/aromatic N) is 3. The molecule has 2 bridgehead atoms. The van der Waals surface area contributed by atoms with Crippen LogP contribution in [0.1, 0.15) is 34.7 Å². The van der Waals surface area contributed by atoms with Gasteiger partial charge in [-0.15, -0.1) is 11.8 Å². The molecule has 4 saturated heterocycles. The Morgan fingerprint density at radius 3 is 2.61 bits per heavy atom. The summed E-state index contributed by atoms with van der Waals surface area (Å²) in [5.74, 6) is 0.660. The fourth-order valence-corrected chi connectivity index (χ4v) is 6.07. The Morgan fingerprint density at radius 1 is 1.14 bits per heavy atom. The molecule has 5 heterocycles. The molecule has 1 aromatic heterocycles. The van der Waals surface area contributed by atoms with Crippen molar-refractivity contribution >= 4 is 17.7 Å². The second kappa shape index (κ2) is 7.16. The molecule has 3 atom stereocenters. The molecule has 0 unspecified atom stereocenters. The molecule has 1 amide bonds. The molecule has 0 spiro atoms. The van der Waals surface area contributed by atoms with Crippen molar-refractivity contribution in [1.29, 1.82) is 0 Å². The highest BCUT2D eigenvalue weighted by Gasteiger charge is 2.54. The molecule has 146 valence electrons. The van der Waals surface area contributed by atoms with Crippen LogP contribution in [0, 0.1) is 11.7 Å². The normalized spacial score (nSPS) is 31.1. The summed E-state index contributed by atoms with van der Waals surface area (Å²) in [6.07, 6.45) is 6.01. The first-order valence-corrected chi connectivity index (χ1v) is 11.2. The number of piperidine rings is 3. The predicted octanol–water partition coefficient (Wildman–Crippen LogP) is 3.65. The molecule has 0 N–H and O–H groups in total. The van der Waals surface area contributed by atoms with E-state index >= 15 is 0 Å². The van der Waals surface area contributed by atoms with Gasteiger partial charge >= 0.3 is 0 Å². The van der Waals surface area contributed by atoms with Gasteiger partial charge in [0.25, 0.3) is 5.91 Å². The van der Waals surface area contributed by atoms with Gasteiger partial charge in [0.05, 0.1) is 11.6 Å². The molecule has 4 aliphatic rings. The lowest BCUT2D eigenvalue weighted by Gasteiger charge is -2.51. The largest absolute Gasteiger partial charge is 0.333 e. The van der Waals surface area contributed by atoms with E-state index in [-0.39, 0.29) is 23.7 Å².